The Morgan fingerprint density at radius 2 is 1.79 bits per heavy atom. The van der Waals surface area contributed by atoms with Crippen LogP contribution in [0, 0.1) is 17.6 Å². The van der Waals surface area contributed by atoms with Crippen molar-refractivity contribution in [3.63, 3.8) is 0 Å². The molecule has 0 aliphatic rings. The number of amides is 1. The highest BCUT2D eigenvalue weighted by molar-refractivity contribution is 6.05. The molecule has 3 aromatic rings. The first-order valence-corrected chi connectivity index (χ1v) is 8.83. The summed E-state index contributed by atoms with van der Waals surface area (Å²) in [5.41, 5.74) is 0.638. The van der Waals surface area contributed by atoms with E-state index in [4.69, 9.17) is 4.84 Å². The number of oxime groups is 1. The van der Waals surface area contributed by atoms with E-state index in [0.29, 0.717) is 17.2 Å². The van der Waals surface area contributed by atoms with Gasteiger partial charge in [-0.1, -0.05) is 31.1 Å². The highest BCUT2D eigenvalue weighted by atomic mass is 19.1. The number of hydrogen-bond acceptors (Lipinski definition) is 5. The summed E-state index contributed by atoms with van der Waals surface area (Å²) in [5, 5.41) is 6.53. The number of carbonyl (C=O) groups is 1. The summed E-state index contributed by atoms with van der Waals surface area (Å²) in [5.74, 6) is -2.28. The Bertz CT molecular complexity index is 1000. The van der Waals surface area contributed by atoms with Gasteiger partial charge in [0.2, 0.25) is 5.88 Å². The molecule has 29 heavy (non-hydrogen) atoms. The van der Waals surface area contributed by atoms with Crippen LogP contribution in [-0.2, 0) is 0 Å². The van der Waals surface area contributed by atoms with E-state index in [1.165, 1.54) is 18.3 Å². The second kappa shape index (κ2) is 9.01. The number of nitrogens with one attached hydrogen (secondary N) is 1. The fourth-order valence-corrected chi connectivity index (χ4v) is 2.50. The van der Waals surface area contributed by atoms with Gasteiger partial charge < -0.3 is 10.2 Å². The zero-order chi connectivity index (χ0) is 20.8. The van der Waals surface area contributed by atoms with Crippen LogP contribution < -0.4 is 10.2 Å². The molecule has 8 heteroatoms. The van der Waals surface area contributed by atoms with Crippen LogP contribution in [0.4, 0.5) is 14.6 Å². The lowest BCUT2D eigenvalue weighted by atomic mass is 10.0. The average Bonchev–Trinajstić information content (AvgIpc) is 2.70. The molecule has 0 bridgehead atoms. The lowest BCUT2D eigenvalue weighted by molar-refractivity contribution is 0.101. The Kier molecular flexibility index (Phi) is 6.23. The molecule has 1 amide bonds. The van der Waals surface area contributed by atoms with E-state index in [1.54, 1.807) is 30.5 Å². The van der Waals surface area contributed by atoms with Crippen molar-refractivity contribution >= 4 is 17.4 Å². The van der Waals surface area contributed by atoms with Crippen molar-refractivity contribution in [3.05, 3.63) is 83.7 Å². The predicted molar refractivity (Wildman–Crippen MR) is 105 cm³/mol. The van der Waals surface area contributed by atoms with E-state index in [9.17, 15) is 13.6 Å². The quantitative estimate of drug-likeness (QED) is 0.493. The lowest BCUT2D eigenvalue weighted by Gasteiger charge is -2.11. The van der Waals surface area contributed by atoms with E-state index in [1.807, 2.05) is 13.8 Å². The Balaban J connectivity index is 1.76. The molecule has 0 saturated carbocycles. The largest absolute Gasteiger partial charge is 0.336 e. The number of halogens is 2. The van der Waals surface area contributed by atoms with Crippen LogP contribution in [0.25, 0.3) is 0 Å². The third kappa shape index (κ3) is 4.98. The minimum atomic E-state index is -0.944. The summed E-state index contributed by atoms with van der Waals surface area (Å²) >= 11 is 0. The van der Waals surface area contributed by atoms with E-state index in [-0.39, 0.29) is 11.7 Å². The molecule has 2 aromatic heterocycles. The smallest absolute Gasteiger partial charge is 0.262 e. The number of pyridine rings is 2. The predicted octanol–water partition coefficient (Wildman–Crippen LogP) is 4.45. The number of anilines is 1. The average molecular weight is 396 g/mol. The summed E-state index contributed by atoms with van der Waals surface area (Å²) in [6.45, 7) is 3.88. The number of benzene rings is 1. The summed E-state index contributed by atoms with van der Waals surface area (Å²) in [4.78, 5) is 25.7. The molecule has 0 fully saturated rings. The van der Waals surface area contributed by atoms with Gasteiger partial charge in [0.15, 0.2) is 0 Å². The molecule has 0 aliphatic heterocycles. The molecule has 3 rings (SSSR count). The molecule has 1 aromatic carbocycles. The molecule has 0 atom stereocenters. The van der Waals surface area contributed by atoms with Gasteiger partial charge in [0.1, 0.15) is 23.0 Å². The molecule has 0 saturated heterocycles. The zero-order valence-electron chi connectivity index (χ0n) is 15.8. The van der Waals surface area contributed by atoms with Crippen LogP contribution in [-0.4, -0.2) is 21.6 Å². The highest BCUT2D eigenvalue weighted by Gasteiger charge is 2.18. The number of nitrogens with zero attached hydrogens (tertiary/aromatic N) is 3. The maximum Gasteiger partial charge on any atom is 0.262 e. The van der Waals surface area contributed by atoms with Gasteiger partial charge in [0, 0.05) is 24.0 Å². The number of rotatable bonds is 6. The number of carbonyl (C=O) groups excluding carboxylic acids is 1. The summed E-state index contributed by atoms with van der Waals surface area (Å²) < 4.78 is 27.5. The standard InChI is InChI=1S/C21H18F2N4O2/c1-13(2)20(27-29-18-8-3-4-11-24-18)14-9-10-17(25-12-14)26-21(28)19-15(22)6-5-7-16(19)23/h3-13H,1-2H3,(H,25,26,28)/b27-20+. The van der Waals surface area contributed by atoms with Crippen LogP contribution >= 0.6 is 0 Å². The zero-order valence-corrected chi connectivity index (χ0v) is 15.8. The van der Waals surface area contributed by atoms with Gasteiger partial charge in [0.05, 0.1) is 5.71 Å². The van der Waals surface area contributed by atoms with Crippen molar-refractivity contribution in [2.24, 2.45) is 11.1 Å². The lowest BCUT2D eigenvalue weighted by Crippen LogP contribution is -2.17. The Hall–Kier alpha value is -3.68. The van der Waals surface area contributed by atoms with Crippen LogP contribution in [0.5, 0.6) is 5.88 Å². The van der Waals surface area contributed by atoms with E-state index in [0.717, 1.165) is 12.1 Å². The normalized spacial score (nSPS) is 11.4. The first-order chi connectivity index (χ1) is 14.0. The summed E-state index contributed by atoms with van der Waals surface area (Å²) in [6.07, 6.45) is 3.09. The molecule has 6 nitrogen and oxygen atoms in total. The monoisotopic (exact) mass is 396 g/mol. The molecule has 0 radical (unpaired) electrons. The highest BCUT2D eigenvalue weighted by Crippen LogP contribution is 2.16. The minimum absolute atomic E-state index is 0.0217. The second-order valence-electron chi connectivity index (χ2n) is 6.37. The van der Waals surface area contributed by atoms with Gasteiger partial charge in [-0.15, -0.1) is 0 Å². The summed E-state index contributed by atoms with van der Waals surface area (Å²) in [7, 11) is 0. The fourth-order valence-electron chi connectivity index (χ4n) is 2.50. The molecule has 148 valence electrons. The SMILES string of the molecule is CC(C)/C(=N\Oc1ccccn1)c1ccc(NC(=O)c2c(F)cccc2F)nc1. The first kappa shape index (κ1) is 20.1. The van der Waals surface area contributed by atoms with Crippen LogP contribution in [0.15, 0.2) is 66.1 Å². The van der Waals surface area contributed by atoms with Crippen molar-refractivity contribution in [2.45, 2.75) is 13.8 Å². The van der Waals surface area contributed by atoms with Crippen LogP contribution in [0.1, 0.15) is 29.8 Å². The number of hydrogen-bond donors (Lipinski definition) is 1. The van der Waals surface area contributed by atoms with Crippen molar-refractivity contribution in [3.8, 4) is 5.88 Å². The van der Waals surface area contributed by atoms with Gasteiger partial charge in [-0.2, -0.15) is 0 Å². The fraction of sp³-hybridized carbons (Fsp3) is 0.143. The first-order valence-electron chi connectivity index (χ1n) is 8.83. The second-order valence-corrected chi connectivity index (χ2v) is 6.37. The molecule has 0 aliphatic carbocycles. The Morgan fingerprint density at radius 1 is 1.03 bits per heavy atom. The summed E-state index contributed by atoms with van der Waals surface area (Å²) in [6, 6.07) is 11.7. The van der Waals surface area contributed by atoms with E-state index in [2.05, 4.69) is 20.4 Å². The maximum absolute atomic E-state index is 13.7. The van der Waals surface area contributed by atoms with Crippen molar-refractivity contribution < 1.29 is 18.4 Å². The minimum Gasteiger partial charge on any atom is -0.336 e. The third-order valence-electron chi connectivity index (χ3n) is 3.91. The van der Waals surface area contributed by atoms with E-state index >= 15 is 0 Å². The van der Waals surface area contributed by atoms with Crippen molar-refractivity contribution in [1.29, 1.82) is 0 Å². The van der Waals surface area contributed by atoms with Gasteiger partial charge >= 0.3 is 0 Å². The van der Waals surface area contributed by atoms with Gasteiger partial charge in [-0.05, 0) is 36.2 Å². The maximum atomic E-state index is 13.7. The topological polar surface area (TPSA) is 76.5 Å². The molecular weight excluding hydrogens is 378 g/mol. The molecule has 1 N–H and O–H groups in total. The Labute approximate surface area is 166 Å². The van der Waals surface area contributed by atoms with Gasteiger partial charge in [-0.3, -0.25) is 4.79 Å². The van der Waals surface area contributed by atoms with E-state index < -0.39 is 23.1 Å². The Morgan fingerprint density at radius 3 is 2.38 bits per heavy atom. The van der Waals surface area contributed by atoms with Crippen molar-refractivity contribution in [2.75, 3.05) is 5.32 Å². The number of aromatic nitrogens is 2. The molecule has 0 unspecified atom stereocenters. The van der Waals surface area contributed by atoms with Crippen LogP contribution in [0.3, 0.4) is 0 Å². The van der Waals surface area contributed by atoms with Gasteiger partial charge in [-0.25, -0.2) is 18.7 Å². The third-order valence-corrected chi connectivity index (χ3v) is 3.91. The van der Waals surface area contributed by atoms with Crippen molar-refractivity contribution in [1.82, 2.24) is 9.97 Å². The molecular formula is C21H18F2N4O2. The molecule has 0 spiro atoms. The molecule has 2 heterocycles. The van der Waals surface area contributed by atoms with Crippen LogP contribution in [0.2, 0.25) is 0 Å². The van der Waals surface area contributed by atoms with Gasteiger partial charge in [0.25, 0.3) is 5.91 Å².